The molecular weight excluding hydrogens is 576 g/mol. The number of amides is 3. The third-order valence-corrected chi connectivity index (χ3v) is 8.64. The van der Waals surface area contributed by atoms with Gasteiger partial charge in [0, 0.05) is 49.1 Å². The summed E-state index contributed by atoms with van der Waals surface area (Å²) in [5.41, 5.74) is 1.07. The van der Waals surface area contributed by atoms with E-state index >= 15 is 0 Å². The quantitative estimate of drug-likeness (QED) is 0.316. The maximum atomic E-state index is 13.5. The second-order valence-electron chi connectivity index (χ2n) is 12.2. The number of hydrogen-bond acceptors (Lipinski definition) is 7. The SMILES string of the molecule is COc1ccc2c(OCC[C@@H]3NC(=O)N(C)CCCCC=C[C@@H]4C[C@@]4(C(=O)O)NC3=O)cc(-n3ccc(C(C)C)n3)nc2c1C. The van der Waals surface area contributed by atoms with Crippen LogP contribution in [0.15, 0.2) is 42.6 Å². The zero-order valence-electron chi connectivity index (χ0n) is 26.5. The van der Waals surface area contributed by atoms with E-state index in [0.29, 0.717) is 35.8 Å². The largest absolute Gasteiger partial charge is 0.496 e. The molecule has 3 atom stereocenters. The van der Waals surface area contributed by atoms with Crippen LogP contribution in [0.4, 0.5) is 4.79 Å². The molecule has 0 spiro atoms. The number of fused-ring (bicyclic) bond motifs is 2. The third-order valence-electron chi connectivity index (χ3n) is 8.64. The number of rotatable bonds is 8. The van der Waals surface area contributed by atoms with E-state index < -0.39 is 29.5 Å². The van der Waals surface area contributed by atoms with Crippen LogP contribution in [0.3, 0.4) is 0 Å². The van der Waals surface area contributed by atoms with Crippen molar-refractivity contribution in [2.45, 2.75) is 70.4 Å². The highest BCUT2D eigenvalue weighted by molar-refractivity contribution is 5.94. The maximum Gasteiger partial charge on any atom is 0.330 e. The van der Waals surface area contributed by atoms with Crippen LogP contribution in [0.1, 0.15) is 63.1 Å². The highest BCUT2D eigenvalue weighted by Gasteiger charge is 2.60. The topological polar surface area (TPSA) is 148 Å². The molecule has 3 heterocycles. The predicted octanol–water partition coefficient (Wildman–Crippen LogP) is 4.34. The second kappa shape index (κ2) is 13.2. The summed E-state index contributed by atoms with van der Waals surface area (Å²) >= 11 is 0. The van der Waals surface area contributed by atoms with Gasteiger partial charge in [-0.1, -0.05) is 26.0 Å². The number of carbonyl (C=O) groups excluding carboxylic acids is 2. The summed E-state index contributed by atoms with van der Waals surface area (Å²) in [5.74, 6) is 0.0738. The fourth-order valence-corrected chi connectivity index (χ4v) is 5.66. The fourth-order valence-electron chi connectivity index (χ4n) is 5.66. The van der Waals surface area contributed by atoms with E-state index in [2.05, 4.69) is 29.6 Å². The van der Waals surface area contributed by atoms with Crippen molar-refractivity contribution in [1.82, 2.24) is 30.3 Å². The number of urea groups is 1. The van der Waals surface area contributed by atoms with Gasteiger partial charge in [0.05, 0.1) is 24.9 Å². The molecule has 0 unspecified atom stereocenters. The molecule has 0 bridgehead atoms. The molecule has 1 aliphatic carbocycles. The molecule has 12 nitrogen and oxygen atoms in total. The average molecular weight is 619 g/mol. The number of allylic oxidation sites excluding steroid dienone is 1. The number of carboxylic acid groups (broad SMARTS) is 1. The zero-order chi connectivity index (χ0) is 32.3. The van der Waals surface area contributed by atoms with Crippen molar-refractivity contribution >= 4 is 28.8 Å². The molecule has 5 rings (SSSR count). The Morgan fingerprint density at radius 1 is 1.20 bits per heavy atom. The Balaban J connectivity index is 1.42. The van der Waals surface area contributed by atoms with Crippen LogP contribution < -0.4 is 20.1 Å². The molecular formula is C33H42N6O6. The molecule has 3 aromatic rings. The van der Waals surface area contributed by atoms with Crippen molar-refractivity contribution in [1.29, 1.82) is 0 Å². The van der Waals surface area contributed by atoms with Crippen LogP contribution in [0.25, 0.3) is 16.7 Å². The maximum absolute atomic E-state index is 13.5. The molecule has 240 valence electrons. The van der Waals surface area contributed by atoms with Gasteiger partial charge in [0.1, 0.15) is 23.1 Å². The monoisotopic (exact) mass is 618 g/mol. The number of ether oxygens (including phenoxy) is 2. The summed E-state index contributed by atoms with van der Waals surface area (Å²) in [4.78, 5) is 45.2. The number of nitrogens with one attached hydrogen (secondary N) is 2. The molecule has 1 fully saturated rings. The van der Waals surface area contributed by atoms with Crippen LogP contribution in [0.2, 0.25) is 0 Å². The van der Waals surface area contributed by atoms with Crippen LogP contribution in [0, 0.1) is 12.8 Å². The van der Waals surface area contributed by atoms with E-state index in [9.17, 15) is 19.5 Å². The van der Waals surface area contributed by atoms with Crippen LogP contribution >= 0.6 is 0 Å². The summed E-state index contributed by atoms with van der Waals surface area (Å²) in [7, 11) is 3.29. The minimum Gasteiger partial charge on any atom is -0.496 e. The van der Waals surface area contributed by atoms with Crippen LogP contribution in [-0.4, -0.2) is 81.6 Å². The van der Waals surface area contributed by atoms with Gasteiger partial charge in [-0.25, -0.2) is 19.3 Å². The molecule has 45 heavy (non-hydrogen) atoms. The number of hydrogen-bond donors (Lipinski definition) is 3. The van der Waals surface area contributed by atoms with Crippen molar-refractivity contribution in [2.75, 3.05) is 27.3 Å². The lowest BCUT2D eigenvalue weighted by Crippen LogP contribution is -2.55. The normalized spacial score (nSPS) is 22.4. The Labute approximate surface area is 262 Å². The average Bonchev–Trinajstić information content (AvgIpc) is 3.47. The number of benzene rings is 1. The highest BCUT2D eigenvalue weighted by atomic mass is 16.5. The van der Waals surface area contributed by atoms with E-state index in [1.807, 2.05) is 43.5 Å². The van der Waals surface area contributed by atoms with Gasteiger partial charge in [0.25, 0.3) is 0 Å². The Hall–Kier alpha value is -4.61. The number of carbonyl (C=O) groups is 3. The first-order valence-corrected chi connectivity index (χ1v) is 15.4. The van der Waals surface area contributed by atoms with Crippen LogP contribution in [0.5, 0.6) is 11.5 Å². The van der Waals surface area contributed by atoms with Gasteiger partial charge in [0.15, 0.2) is 5.82 Å². The lowest BCUT2D eigenvalue weighted by Gasteiger charge is -2.25. The van der Waals surface area contributed by atoms with Gasteiger partial charge in [0.2, 0.25) is 5.91 Å². The minimum atomic E-state index is -1.38. The standard InChI is InChI=1S/C33H42N6O6/c1-20(2)24-13-16-39(37-24)28-18-27(23-11-12-26(44-5)21(3)29(23)35-28)45-17-14-25-30(40)36-33(31(41)42)19-22(33)10-8-6-7-9-15-38(4)32(43)34-25/h8,10-13,16,18,20,22,25H,6-7,9,14-15,17,19H2,1-5H3,(H,34,43)(H,36,40)(H,41,42)/t22-,25+,33-/m1/s1. The van der Waals surface area contributed by atoms with E-state index in [0.717, 1.165) is 35.9 Å². The number of aromatic nitrogens is 3. The first-order chi connectivity index (χ1) is 21.5. The number of nitrogens with zero attached hydrogens (tertiary/aromatic N) is 4. The highest BCUT2D eigenvalue weighted by Crippen LogP contribution is 2.45. The molecule has 3 amide bonds. The molecule has 2 aliphatic rings. The van der Waals surface area contributed by atoms with Gasteiger partial charge in [-0.05, 0) is 56.7 Å². The summed E-state index contributed by atoms with van der Waals surface area (Å²) in [6.45, 7) is 6.66. The second-order valence-corrected chi connectivity index (χ2v) is 12.2. The fraction of sp³-hybridized carbons (Fsp3) is 0.485. The smallest absolute Gasteiger partial charge is 0.330 e. The Kier molecular flexibility index (Phi) is 9.31. The Morgan fingerprint density at radius 3 is 2.71 bits per heavy atom. The summed E-state index contributed by atoms with van der Waals surface area (Å²) in [6.07, 6.45) is 8.56. The summed E-state index contributed by atoms with van der Waals surface area (Å²) < 4.78 is 13.5. The number of carboxylic acids is 1. The third kappa shape index (κ3) is 6.74. The van der Waals surface area contributed by atoms with Gasteiger partial charge < -0.3 is 30.1 Å². The van der Waals surface area contributed by atoms with E-state index in [1.165, 1.54) is 4.90 Å². The molecule has 0 saturated heterocycles. The zero-order valence-corrected chi connectivity index (χ0v) is 26.5. The van der Waals surface area contributed by atoms with Crippen LogP contribution in [-0.2, 0) is 9.59 Å². The predicted molar refractivity (Wildman–Crippen MR) is 169 cm³/mol. The first kappa shape index (κ1) is 31.8. The summed E-state index contributed by atoms with van der Waals surface area (Å²) in [5, 5.41) is 21.0. The Morgan fingerprint density at radius 2 is 2.00 bits per heavy atom. The number of pyridine rings is 1. The van der Waals surface area contributed by atoms with Crippen molar-refractivity contribution in [3.05, 3.63) is 53.9 Å². The molecule has 3 N–H and O–H groups in total. The molecule has 1 aliphatic heterocycles. The minimum absolute atomic E-state index is 0.0610. The van der Waals surface area contributed by atoms with Crippen molar-refractivity contribution in [3.8, 4) is 17.3 Å². The summed E-state index contributed by atoms with van der Waals surface area (Å²) in [6, 6.07) is 6.05. The lowest BCUT2D eigenvalue weighted by atomic mass is 10.1. The van der Waals surface area contributed by atoms with Gasteiger partial charge in [-0.3, -0.25) is 4.79 Å². The number of aliphatic carboxylic acids is 1. The van der Waals surface area contributed by atoms with Crippen molar-refractivity contribution in [2.24, 2.45) is 5.92 Å². The number of methoxy groups -OCH3 is 1. The lowest BCUT2D eigenvalue weighted by molar-refractivity contribution is -0.143. The van der Waals surface area contributed by atoms with E-state index in [1.54, 1.807) is 24.9 Å². The molecule has 12 heteroatoms. The molecule has 1 saturated carbocycles. The van der Waals surface area contributed by atoms with Crippen molar-refractivity contribution < 1.29 is 29.0 Å². The van der Waals surface area contributed by atoms with Crippen molar-refractivity contribution in [3.63, 3.8) is 0 Å². The molecule has 0 radical (unpaired) electrons. The number of aryl methyl sites for hydroxylation is 1. The van der Waals surface area contributed by atoms with E-state index in [-0.39, 0.29) is 24.9 Å². The molecule has 1 aromatic carbocycles. The first-order valence-electron chi connectivity index (χ1n) is 15.4. The molecule has 2 aromatic heterocycles. The van der Waals surface area contributed by atoms with E-state index in [4.69, 9.17) is 14.5 Å². The van der Waals surface area contributed by atoms with Gasteiger partial charge in [-0.2, -0.15) is 5.10 Å². The Bertz CT molecular complexity index is 1620. The van der Waals surface area contributed by atoms with Gasteiger partial charge >= 0.3 is 12.0 Å². The van der Waals surface area contributed by atoms with Gasteiger partial charge in [-0.15, -0.1) is 0 Å².